The van der Waals surface area contributed by atoms with Crippen molar-refractivity contribution >= 4 is 118 Å². The van der Waals surface area contributed by atoms with Gasteiger partial charge in [0, 0.05) is 47.3 Å². The Bertz CT molecular complexity index is 3800. The molecule has 0 saturated carbocycles. The summed E-state index contributed by atoms with van der Waals surface area (Å²) in [6.07, 6.45) is 0. The smallest absolute Gasteiger partial charge is 0.165 e. The summed E-state index contributed by atoms with van der Waals surface area (Å²) in [4.78, 5) is 11.3. The maximum Gasteiger partial charge on any atom is 0.165 e. The molecule has 56 heavy (non-hydrogen) atoms. The van der Waals surface area contributed by atoms with Crippen LogP contribution in [-0.2, 0) is 0 Å². The highest BCUT2D eigenvalue weighted by atomic mass is 32.1. The fourth-order valence-electron chi connectivity index (χ4n) is 9.42. The summed E-state index contributed by atoms with van der Waals surface area (Å²) >= 11 is 1.83. The van der Waals surface area contributed by atoms with Crippen LogP contribution in [0.3, 0.4) is 0 Å². The highest BCUT2D eigenvalue weighted by Gasteiger charge is 2.24. The molecule has 0 unspecified atom stereocenters. The molecule has 0 amide bonds. The Morgan fingerprint density at radius 1 is 0.375 bits per heavy atom. The number of aromatic nitrogens is 3. The normalized spacial score (nSPS) is 12.3. The van der Waals surface area contributed by atoms with Crippen LogP contribution in [0.5, 0.6) is 0 Å². The molecule has 3 heterocycles. The average Bonchev–Trinajstić information content (AvgIpc) is 3.79. The maximum absolute atomic E-state index is 5.64. The fourth-order valence-corrected chi connectivity index (χ4v) is 10.6. The Labute approximate surface area is 324 Å². The zero-order valence-electron chi connectivity index (χ0n) is 30.0. The van der Waals surface area contributed by atoms with Crippen LogP contribution < -0.4 is 0 Å². The minimum atomic E-state index is 0.827. The van der Waals surface area contributed by atoms with Crippen molar-refractivity contribution in [3.8, 4) is 17.1 Å². The second-order valence-corrected chi connectivity index (χ2v) is 16.0. The lowest BCUT2D eigenvalue weighted by Crippen LogP contribution is -2.04. The van der Waals surface area contributed by atoms with E-state index < -0.39 is 0 Å². The summed E-state index contributed by atoms with van der Waals surface area (Å²) in [6, 6.07) is 64.1. The second kappa shape index (κ2) is 11.2. The fraction of sp³-hybridized carbons (Fsp3) is 0. The van der Waals surface area contributed by atoms with Gasteiger partial charge in [-0.05, 0) is 79.5 Å². The van der Waals surface area contributed by atoms with Crippen LogP contribution in [0.2, 0.25) is 0 Å². The van der Waals surface area contributed by atoms with Crippen LogP contribution >= 0.6 is 11.3 Å². The highest BCUT2D eigenvalue weighted by molar-refractivity contribution is 7.25. The van der Waals surface area contributed by atoms with E-state index in [2.05, 4.69) is 180 Å². The molecule has 0 radical (unpaired) electrons. The summed E-state index contributed by atoms with van der Waals surface area (Å²) in [6.45, 7) is 0. The van der Waals surface area contributed by atoms with Crippen molar-refractivity contribution in [3.63, 3.8) is 0 Å². The van der Waals surface area contributed by atoms with Gasteiger partial charge < -0.3 is 0 Å². The second-order valence-electron chi connectivity index (χ2n) is 14.9. The van der Waals surface area contributed by atoms with E-state index in [4.69, 9.17) is 9.97 Å². The van der Waals surface area contributed by atoms with Gasteiger partial charge in [-0.2, -0.15) is 0 Å². The molecule has 0 aliphatic carbocycles. The summed E-state index contributed by atoms with van der Waals surface area (Å²) in [5.41, 5.74) is 5.92. The van der Waals surface area contributed by atoms with Gasteiger partial charge in [-0.25, -0.2) is 9.97 Å². The van der Waals surface area contributed by atoms with Crippen LogP contribution in [0.1, 0.15) is 0 Å². The molecular weight excluding hydrogens is 699 g/mol. The zero-order chi connectivity index (χ0) is 36.5. The predicted octanol–water partition coefficient (Wildman–Crippen LogP) is 14.5. The van der Waals surface area contributed by atoms with E-state index >= 15 is 0 Å². The molecule has 13 rings (SSSR count). The number of fused-ring (bicyclic) bond motifs is 17. The molecule has 0 aliphatic rings. The number of hydrogen-bond acceptors (Lipinski definition) is 3. The van der Waals surface area contributed by atoms with E-state index in [9.17, 15) is 0 Å². The molecule has 0 bridgehead atoms. The van der Waals surface area contributed by atoms with Gasteiger partial charge in [-0.3, -0.25) is 4.57 Å². The first-order valence-corrected chi connectivity index (χ1v) is 19.9. The van der Waals surface area contributed by atoms with E-state index in [0.29, 0.717) is 0 Å². The van der Waals surface area contributed by atoms with Gasteiger partial charge >= 0.3 is 0 Å². The third-order valence-electron chi connectivity index (χ3n) is 11.9. The van der Waals surface area contributed by atoms with Crippen LogP contribution in [0, 0.1) is 0 Å². The molecule has 3 aromatic heterocycles. The van der Waals surface area contributed by atoms with E-state index in [1.165, 1.54) is 74.0 Å². The molecule has 0 atom stereocenters. The highest BCUT2D eigenvalue weighted by Crippen LogP contribution is 2.46. The number of rotatable bonds is 2. The molecule has 3 nitrogen and oxygen atoms in total. The summed E-state index contributed by atoms with van der Waals surface area (Å²) in [7, 11) is 0. The van der Waals surface area contributed by atoms with Crippen LogP contribution in [0.15, 0.2) is 176 Å². The standard InChI is InChI=1S/C52H29N3S/c1-2-13-32-28-45-42(27-31(32)12-1)49-44(26-24-41-37-17-6-5-15-35(37)36-16-7-8-19-40(36)48(41)49)55(45)52-50(54-51-34-14-4-3-11-30(34)22-25-43(51)53-52)33-21-23-39-38-18-9-10-20-46(38)56-47(39)29-33/h1-29H. The van der Waals surface area contributed by atoms with Gasteiger partial charge in [0.2, 0.25) is 0 Å². The van der Waals surface area contributed by atoms with Crippen LogP contribution in [-0.4, -0.2) is 14.5 Å². The summed E-state index contributed by atoms with van der Waals surface area (Å²) < 4.78 is 4.93. The summed E-state index contributed by atoms with van der Waals surface area (Å²) in [5.74, 6) is 0.827. The van der Waals surface area contributed by atoms with Gasteiger partial charge in [-0.1, -0.05) is 140 Å². The molecular formula is C52H29N3S. The van der Waals surface area contributed by atoms with Crippen molar-refractivity contribution in [2.75, 3.05) is 0 Å². The predicted molar refractivity (Wildman–Crippen MR) is 240 cm³/mol. The lowest BCUT2D eigenvalue weighted by atomic mass is 9.91. The molecule has 0 spiro atoms. The number of thiophene rings is 1. The van der Waals surface area contributed by atoms with Crippen molar-refractivity contribution < 1.29 is 0 Å². The molecule has 0 fully saturated rings. The maximum atomic E-state index is 5.64. The molecule has 13 aromatic rings. The topological polar surface area (TPSA) is 30.7 Å². The van der Waals surface area contributed by atoms with E-state index in [0.717, 1.165) is 49.9 Å². The van der Waals surface area contributed by atoms with E-state index in [-0.39, 0.29) is 0 Å². The molecule has 258 valence electrons. The molecule has 10 aromatic carbocycles. The van der Waals surface area contributed by atoms with Crippen molar-refractivity contribution in [1.82, 2.24) is 14.5 Å². The SMILES string of the molecule is c1ccc2cc3c(cc2c1)c1c2c4ccccc4c4ccccc4c2ccc1n3-c1nc2ccc3ccccc3c2nc1-c1ccc2c(c1)sc1ccccc12. The third kappa shape index (κ3) is 4.11. The van der Waals surface area contributed by atoms with Crippen molar-refractivity contribution in [2.45, 2.75) is 0 Å². The Morgan fingerprint density at radius 2 is 0.982 bits per heavy atom. The van der Waals surface area contributed by atoms with Crippen LogP contribution in [0.4, 0.5) is 0 Å². The number of benzene rings is 10. The monoisotopic (exact) mass is 727 g/mol. The van der Waals surface area contributed by atoms with Crippen LogP contribution in [0.25, 0.3) is 124 Å². The Kier molecular flexibility index (Phi) is 6.04. The first-order valence-electron chi connectivity index (χ1n) is 19.1. The Morgan fingerprint density at radius 3 is 1.79 bits per heavy atom. The zero-order valence-corrected chi connectivity index (χ0v) is 30.8. The largest absolute Gasteiger partial charge is 0.292 e. The van der Waals surface area contributed by atoms with Gasteiger partial charge in [0.15, 0.2) is 5.82 Å². The Hall–Kier alpha value is -7.14. The minimum Gasteiger partial charge on any atom is -0.292 e. The van der Waals surface area contributed by atoms with Crippen molar-refractivity contribution in [2.24, 2.45) is 0 Å². The molecule has 0 saturated heterocycles. The van der Waals surface area contributed by atoms with E-state index in [1.54, 1.807) is 0 Å². The first kappa shape index (κ1) is 30.2. The first-order chi connectivity index (χ1) is 27.8. The molecule has 0 aliphatic heterocycles. The third-order valence-corrected chi connectivity index (χ3v) is 13.0. The molecule has 4 heteroatoms. The lowest BCUT2D eigenvalue weighted by molar-refractivity contribution is 1.08. The quantitative estimate of drug-likeness (QED) is 0.166. The van der Waals surface area contributed by atoms with E-state index in [1.807, 2.05) is 11.3 Å². The van der Waals surface area contributed by atoms with Gasteiger partial charge in [0.05, 0.1) is 22.1 Å². The minimum absolute atomic E-state index is 0.827. The number of nitrogens with zero attached hydrogens (tertiary/aromatic N) is 3. The molecule has 0 N–H and O–H groups in total. The van der Waals surface area contributed by atoms with Gasteiger partial charge in [0.1, 0.15) is 5.69 Å². The van der Waals surface area contributed by atoms with Gasteiger partial charge in [0.25, 0.3) is 0 Å². The Balaban J connectivity index is 1.23. The number of hydrogen-bond donors (Lipinski definition) is 0. The van der Waals surface area contributed by atoms with Crippen molar-refractivity contribution in [1.29, 1.82) is 0 Å². The average molecular weight is 728 g/mol. The van der Waals surface area contributed by atoms with Gasteiger partial charge in [-0.15, -0.1) is 11.3 Å². The summed E-state index contributed by atoms with van der Waals surface area (Å²) in [5, 5.41) is 17.2. The van der Waals surface area contributed by atoms with Crippen molar-refractivity contribution in [3.05, 3.63) is 176 Å². The lowest BCUT2D eigenvalue weighted by Gasteiger charge is -2.15.